The summed E-state index contributed by atoms with van der Waals surface area (Å²) < 4.78 is 45.8. The molecule has 0 aliphatic carbocycles. The van der Waals surface area contributed by atoms with Crippen molar-refractivity contribution in [3.05, 3.63) is 71.3 Å². The zero-order chi connectivity index (χ0) is 53.3. The Morgan fingerprint density at radius 1 is 0.547 bits per heavy atom. The van der Waals surface area contributed by atoms with Crippen molar-refractivity contribution in [2.75, 3.05) is 26.9 Å². The number of nitrogens with zero attached hydrogens (tertiary/aromatic N) is 2. The highest BCUT2D eigenvalue weighted by atomic mass is 35.5. The number of fused-ring (bicyclic) bond motifs is 6. The number of benzene rings is 3. The number of rotatable bonds is 17. The molecule has 1 amide bonds. The second-order valence-corrected chi connectivity index (χ2v) is 22.4. The van der Waals surface area contributed by atoms with E-state index in [1.165, 1.54) is 43.7 Å². The molecular formula is C58H85Cl4N3O10. The number of ether oxygens (including phenoxy) is 8. The molecule has 0 spiro atoms. The van der Waals surface area contributed by atoms with Crippen LogP contribution in [-0.2, 0) is 9.47 Å². The van der Waals surface area contributed by atoms with Crippen molar-refractivity contribution in [3.8, 4) is 34.5 Å². The largest absolute Gasteiger partial charge is 0.490 e. The topological polar surface area (TPSA) is 126 Å². The Bertz CT molecular complexity index is 2180. The molecule has 11 atom stereocenters. The predicted octanol–water partition coefficient (Wildman–Crippen LogP) is 14.5. The molecule has 0 aromatic heterocycles. The Kier molecular flexibility index (Phi) is 25.7. The molecule has 9 rings (SSSR count). The SMILES string of the molecule is CC(Cl)OC(=O)Cl.CCCOc1cc(C)ccc1OC1C[C@H]2CC[C@@H](C1)N2.CCCOc1cc(C)ccc1OC1C[C@H]2CC[C@@H](C1)N2C.CCCOc1cc(C)ccc1OC1C[C@H]2CC[C@@H](C1)N2C(=O)OC(C)Cl.Cl. The number of halogens is 4. The standard InChI is InChI=1S/C20H28ClNO4.C18H27NO2.C17H25NO2.C3H4Cl2O2.ClH/c1-4-9-24-19-10-13(2)5-8-18(19)26-17-11-15-6-7-16(12-17)22(15)20(23)25-14(3)21;1-4-9-20-18-10-13(2)5-8-17(18)21-16-11-14-6-7-15(12-16)19(14)3;1-3-8-19-17-9-12(2)4-7-16(17)20-15-10-13-5-6-14(11-15)18-13;1-2(4)7-3(5)6;/h5,8,10,14-17H,4,6-7,9,11-12H2,1-3H3;5,8,10,14-16H,4,6-7,9,11-12H2,1-3H3;4,7,9,13-15,18H,3,5-6,8,10-11H2,1-2H3;2H,1H3;1H/t14?,15-,16+,17?;14-,15+,16?;13-,14+,15?;;. The Hall–Kier alpha value is -3.72. The molecule has 13 nitrogen and oxygen atoms in total. The highest BCUT2D eigenvalue weighted by molar-refractivity contribution is 6.61. The first-order valence-corrected chi connectivity index (χ1v) is 28.6. The normalized spacial score (nSPS) is 25.7. The summed E-state index contributed by atoms with van der Waals surface area (Å²) in [5.74, 6) is 5.23. The fourth-order valence-corrected chi connectivity index (χ4v) is 11.4. The van der Waals surface area contributed by atoms with Crippen molar-refractivity contribution < 1.29 is 47.5 Å². The molecule has 6 fully saturated rings. The van der Waals surface area contributed by atoms with Crippen LogP contribution in [0.4, 0.5) is 9.59 Å². The van der Waals surface area contributed by atoms with Gasteiger partial charge in [-0.2, -0.15) is 0 Å². The first-order chi connectivity index (χ1) is 35.5. The van der Waals surface area contributed by atoms with E-state index >= 15 is 0 Å². The van der Waals surface area contributed by atoms with Crippen LogP contribution in [0, 0.1) is 20.8 Å². The average molecular weight is 1130 g/mol. The molecule has 3 aromatic rings. The van der Waals surface area contributed by atoms with Gasteiger partial charge in [-0.1, -0.05) is 62.2 Å². The average Bonchev–Trinajstić information content (AvgIpc) is 3.90. The Morgan fingerprint density at radius 2 is 0.893 bits per heavy atom. The lowest BCUT2D eigenvalue weighted by Gasteiger charge is -2.38. The van der Waals surface area contributed by atoms with E-state index < -0.39 is 16.6 Å². The fourth-order valence-electron chi connectivity index (χ4n) is 11.1. The van der Waals surface area contributed by atoms with Gasteiger partial charge in [0.1, 0.15) is 18.3 Å². The minimum Gasteiger partial charge on any atom is -0.490 e. The number of amides is 1. The van der Waals surface area contributed by atoms with Gasteiger partial charge in [0.15, 0.2) is 45.6 Å². The molecule has 75 heavy (non-hydrogen) atoms. The third kappa shape index (κ3) is 19.3. The van der Waals surface area contributed by atoms with E-state index in [9.17, 15) is 9.59 Å². The molecule has 3 aromatic carbocycles. The third-order valence-corrected chi connectivity index (χ3v) is 14.7. The summed E-state index contributed by atoms with van der Waals surface area (Å²) in [6.07, 6.45) is 16.8. The van der Waals surface area contributed by atoms with E-state index in [0.717, 1.165) is 124 Å². The lowest BCUT2D eigenvalue weighted by Crippen LogP contribution is -2.49. The lowest BCUT2D eigenvalue weighted by atomic mass is 10.00. The summed E-state index contributed by atoms with van der Waals surface area (Å²) >= 11 is 15.7. The van der Waals surface area contributed by atoms with Gasteiger partial charge in [0.2, 0.25) is 0 Å². The van der Waals surface area contributed by atoms with Gasteiger partial charge in [0, 0.05) is 60.7 Å². The summed E-state index contributed by atoms with van der Waals surface area (Å²) in [6, 6.07) is 21.6. The number of aryl methyl sites for hydroxylation is 3. The van der Waals surface area contributed by atoms with Crippen LogP contribution in [0.1, 0.15) is 148 Å². The minimum absolute atomic E-state index is 0. The van der Waals surface area contributed by atoms with Gasteiger partial charge in [-0.3, -0.25) is 0 Å². The molecule has 1 N–H and O–H groups in total. The van der Waals surface area contributed by atoms with E-state index in [1.807, 2.05) is 30.0 Å². The molecule has 0 saturated carbocycles. The van der Waals surface area contributed by atoms with E-state index in [0.29, 0.717) is 43.0 Å². The predicted molar refractivity (Wildman–Crippen MR) is 302 cm³/mol. The summed E-state index contributed by atoms with van der Waals surface area (Å²) in [7, 11) is 2.26. The van der Waals surface area contributed by atoms with Crippen molar-refractivity contribution in [1.29, 1.82) is 0 Å². The second-order valence-electron chi connectivity index (χ2n) is 20.8. The maximum atomic E-state index is 12.3. The van der Waals surface area contributed by atoms with Crippen molar-refractivity contribution in [3.63, 3.8) is 0 Å². The summed E-state index contributed by atoms with van der Waals surface area (Å²) in [5, 5.41) is 3.65. The van der Waals surface area contributed by atoms with Crippen LogP contribution in [0.5, 0.6) is 34.5 Å². The second kappa shape index (κ2) is 31.0. The Balaban J connectivity index is 0.000000196. The van der Waals surface area contributed by atoms with Gasteiger partial charge in [0.25, 0.3) is 0 Å². The van der Waals surface area contributed by atoms with Gasteiger partial charge >= 0.3 is 11.5 Å². The van der Waals surface area contributed by atoms with E-state index in [1.54, 1.807) is 6.92 Å². The molecule has 0 radical (unpaired) electrons. The number of hydrogen-bond acceptors (Lipinski definition) is 12. The first kappa shape index (κ1) is 62.1. The first-order valence-electron chi connectivity index (χ1n) is 27.3. The van der Waals surface area contributed by atoms with Crippen molar-refractivity contribution >= 4 is 58.7 Å². The van der Waals surface area contributed by atoms with Gasteiger partial charge in [-0.15, -0.1) is 12.4 Å². The third-order valence-electron chi connectivity index (χ3n) is 14.5. The van der Waals surface area contributed by atoms with Crippen LogP contribution in [0.2, 0.25) is 0 Å². The number of nitrogens with one attached hydrogen (secondary N) is 1. The molecule has 6 saturated heterocycles. The zero-order valence-electron chi connectivity index (χ0n) is 45.8. The number of carbonyl (C=O) groups excluding carboxylic acids is 2. The van der Waals surface area contributed by atoms with Crippen LogP contribution in [0.15, 0.2) is 54.6 Å². The molecule has 420 valence electrons. The van der Waals surface area contributed by atoms with E-state index in [4.69, 9.17) is 68.0 Å². The summed E-state index contributed by atoms with van der Waals surface area (Å²) in [4.78, 5) is 26.4. The minimum atomic E-state index is -0.873. The van der Waals surface area contributed by atoms with Crippen molar-refractivity contribution in [2.24, 2.45) is 0 Å². The number of piperidine rings is 3. The number of hydrogen-bond donors (Lipinski definition) is 1. The molecule has 5 unspecified atom stereocenters. The number of alkyl halides is 2. The lowest BCUT2D eigenvalue weighted by molar-refractivity contribution is 0.0294. The molecule has 6 aliphatic heterocycles. The monoisotopic (exact) mass is 1120 g/mol. The van der Waals surface area contributed by atoms with Gasteiger partial charge < -0.3 is 53.0 Å². The van der Waals surface area contributed by atoms with Gasteiger partial charge in [-0.05, 0) is 178 Å². The van der Waals surface area contributed by atoms with Crippen LogP contribution >= 0.6 is 47.2 Å². The highest BCUT2D eigenvalue weighted by Crippen LogP contribution is 2.41. The van der Waals surface area contributed by atoms with E-state index in [2.05, 4.69) is 93.0 Å². The Labute approximate surface area is 468 Å². The molecule has 6 bridgehead atoms. The molecule has 6 heterocycles. The van der Waals surface area contributed by atoms with E-state index in [-0.39, 0.29) is 36.7 Å². The number of carbonyl (C=O) groups is 2. The van der Waals surface area contributed by atoms with Crippen molar-refractivity contribution in [2.45, 2.75) is 217 Å². The molecule has 17 heteroatoms. The highest BCUT2D eigenvalue weighted by Gasteiger charge is 2.45. The van der Waals surface area contributed by atoms with Gasteiger partial charge in [0.05, 0.1) is 19.8 Å². The molecule has 6 aliphatic rings. The van der Waals surface area contributed by atoms with Crippen LogP contribution in [0.3, 0.4) is 0 Å². The van der Waals surface area contributed by atoms with Crippen LogP contribution < -0.4 is 33.7 Å². The maximum absolute atomic E-state index is 12.3. The van der Waals surface area contributed by atoms with Crippen molar-refractivity contribution in [1.82, 2.24) is 15.1 Å². The van der Waals surface area contributed by atoms with Gasteiger partial charge in [-0.25, -0.2) is 9.59 Å². The van der Waals surface area contributed by atoms with Crippen LogP contribution in [-0.4, -0.2) is 114 Å². The summed E-state index contributed by atoms with van der Waals surface area (Å²) in [5.41, 5.74) is 1.47. The molecular weight excluding hydrogens is 1040 g/mol. The zero-order valence-corrected chi connectivity index (χ0v) is 48.9. The quantitative estimate of drug-likeness (QED) is 0.102. The summed E-state index contributed by atoms with van der Waals surface area (Å²) in [6.45, 7) is 17.9. The van der Waals surface area contributed by atoms with Crippen LogP contribution in [0.25, 0.3) is 0 Å². The maximum Gasteiger partial charge on any atom is 0.411 e. The fraction of sp³-hybridized carbons (Fsp3) is 0.655. The smallest absolute Gasteiger partial charge is 0.411 e. The Morgan fingerprint density at radius 3 is 1.23 bits per heavy atom.